The summed E-state index contributed by atoms with van der Waals surface area (Å²) < 4.78 is 5.73. The molecule has 0 radical (unpaired) electrons. The minimum atomic E-state index is 0.0256. The van der Waals surface area contributed by atoms with Crippen LogP contribution in [0.25, 0.3) is 11.3 Å². The third-order valence-corrected chi connectivity index (χ3v) is 2.87. The summed E-state index contributed by atoms with van der Waals surface area (Å²) in [6.07, 6.45) is 0. The van der Waals surface area contributed by atoms with E-state index in [2.05, 4.69) is 29.1 Å². The summed E-state index contributed by atoms with van der Waals surface area (Å²) in [6.45, 7) is 5.31. The number of nitrogens with two attached hydrogens (primary N) is 1. The van der Waals surface area contributed by atoms with Gasteiger partial charge >= 0.3 is 0 Å². The van der Waals surface area contributed by atoms with Crippen LogP contribution in [0.2, 0.25) is 0 Å². The highest BCUT2D eigenvalue weighted by molar-refractivity contribution is 5.65. The molecule has 0 saturated heterocycles. The first kappa shape index (κ1) is 16.0. The number of aliphatic hydroxyl groups excluding tert-OH is 1. The number of rotatable bonds is 7. The fourth-order valence-corrected chi connectivity index (χ4v) is 1.90. The molecule has 0 atom stereocenters. The van der Waals surface area contributed by atoms with Crippen LogP contribution in [0.3, 0.4) is 0 Å². The second-order valence-corrected chi connectivity index (χ2v) is 5.38. The summed E-state index contributed by atoms with van der Waals surface area (Å²) in [5.74, 6) is 2.04. The lowest BCUT2D eigenvalue weighted by atomic mass is 10.1. The number of benzene rings is 1. The number of hydrogen-bond donors (Lipinski definition) is 3. The highest BCUT2D eigenvalue weighted by atomic mass is 16.5. The van der Waals surface area contributed by atoms with Crippen molar-refractivity contribution in [2.75, 3.05) is 30.8 Å². The van der Waals surface area contributed by atoms with Crippen LogP contribution in [0, 0.1) is 5.92 Å². The molecule has 1 aromatic heterocycles. The van der Waals surface area contributed by atoms with Gasteiger partial charge in [0.05, 0.1) is 18.9 Å². The second kappa shape index (κ2) is 7.61. The molecule has 0 amide bonds. The molecule has 4 N–H and O–H groups in total. The second-order valence-electron chi connectivity index (χ2n) is 5.38. The molecule has 118 valence electrons. The van der Waals surface area contributed by atoms with Gasteiger partial charge in [0, 0.05) is 18.2 Å². The molecule has 2 rings (SSSR count). The van der Waals surface area contributed by atoms with Crippen molar-refractivity contribution in [2.45, 2.75) is 13.8 Å². The number of aliphatic hydroxyl groups is 1. The molecule has 0 aliphatic carbocycles. The Morgan fingerprint density at radius 3 is 2.82 bits per heavy atom. The molecule has 6 heteroatoms. The van der Waals surface area contributed by atoms with Crippen LogP contribution in [0.5, 0.6) is 5.75 Å². The highest BCUT2D eigenvalue weighted by Gasteiger charge is 2.06. The standard InChI is InChI=1S/C16H22N4O2/c1-11(2)10-22-13-5-3-4-12(8-13)14-9-15(18-6-7-21)20-16(17)19-14/h3-5,8-9,11,21H,6-7,10H2,1-2H3,(H3,17,18,19,20). The first-order valence-electron chi connectivity index (χ1n) is 7.31. The summed E-state index contributed by atoms with van der Waals surface area (Å²) in [5, 5.41) is 11.9. The van der Waals surface area contributed by atoms with Crippen LogP contribution >= 0.6 is 0 Å². The number of nitrogens with one attached hydrogen (secondary N) is 1. The molecule has 0 bridgehead atoms. The van der Waals surface area contributed by atoms with E-state index in [1.54, 1.807) is 6.07 Å². The lowest BCUT2D eigenvalue weighted by Crippen LogP contribution is -2.09. The van der Waals surface area contributed by atoms with Crippen LogP contribution in [-0.2, 0) is 0 Å². The van der Waals surface area contributed by atoms with Crippen LogP contribution in [0.1, 0.15) is 13.8 Å². The van der Waals surface area contributed by atoms with E-state index in [1.807, 2.05) is 24.3 Å². The van der Waals surface area contributed by atoms with Gasteiger partial charge in [-0.25, -0.2) is 4.98 Å². The fourth-order valence-electron chi connectivity index (χ4n) is 1.90. The van der Waals surface area contributed by atoms with E-state index in [1.165, 1.54) is 0 Å². The Balaban J connectivity index is 2.23. The average molecular weight is 302 g/mol. The van der Waals surface area contributed by atoms with E-state index in [0.29, 0.717) is 30.6 Å². The van der Waals surface area contributed by atoms with Crippen molar-refractivity contribution in [3.63, 3.8) is 0 Å². The van der Waals surface area contributed by atoms with Gasteiger partial charge in [-0.2, -0.15) is 4.98 Å². The largest absolute Gasteiger partial charge is 0.493 e. The van der Waals surface area contributed by atoms with Crippen LogP contribution < -0.4 is 15.8 Å². The van der Waals surface area contributed by atoms with E-state index in [4.69, 9.17) is 15.6 Å². The Kier molecular flexibility index (Phi) is 5.55. The topological polar surface area (TPSA) is 93.3 Å². The molecule has 0 fully saturated rings. The third-order valence-electron chi connectivity index (χ3n) is 2.87. The number of nitrogens with zero attached hydrogens (tertiary/aromatic N) is 2. The van der Waals surface area contributed by atoms with Crippen molar-refractivity contribution in [1.29, 1.82) is 0 Å². The lowest BCUT2D eigenvalue weighted by molar-refractivity contribution is 0.271. The van der Waals surface area contributed by atoms with Crippen molar-refractivity contribution in [1.82, 2.24) is 9.97 Å². The molecule has 0 unspecified atom stereocenters. The molecule has 0 saturated carbocycles. The highest BCUT2D eigenvalue weighted by Crippen LogP contribution is 2.24. The third kappa shape index (κ3) is 4.60. The molecule has 0 aliphatic heterocycles. The van der Waals surface area contributed by atoms with Gasteiger partial charge in [0.2, 0.25) is 5.95 Å². The van der Waals surface area contributed by atoms with Crippen LogP contribution in [0.4, 0.5) is 11.8 Å². The molecule has 0 aliphatic rings. The lowest BCUT2D eigenvalue weighted by Gasteiger charge is -2.11. The first-order valence-corrected chi connectivity index (χ1v) is 7.31. The molecular formula is C16H22N4O2. The predicted octanol–water partition coefficient (Wildman–Crippen LogP) is 2.16. The summed E-state index contributed by atoms with van der Waals surface area (Å²) in [7, 11) is 0. The van der Waals surface area contributed by atoms with Gasteiger partial charge in [-0.05, 0) is 18.1 Å². The summed E-state index contributed by atoms with van der Waals surface area (Å²) in [6, 6.07) is 9.51. The first-order chi connectivity index (χ1) is 10.6. The van der Waals surface area contributed by atoms with E-state index >= 15 is 0 Å². The number of ether oxygens (including phenoxy) is 1. The Hall–Kier alpha value is -2.34. The number of aromatic nitrogens is 2. The smallest absolute Gasteiger partial charge is 0.222 e. The van der Waals surface area contributed by atoms with E-state index in [-0.39, 0.29) is 12.6 Å². The Labute approximate surface area is 130 Å². The number of hydrogen-bond acceptors (Lipinski definition) is 6. The Morgan fingerprint density at radius 1 is 1.27 bits per heavy atom. The monoisotopic (exact) mass is 302 g/mol. The van der Waals surface area contributed by atoms with E-state index in [0.717, 1.165) is 11.3 Å². The van der Waals surface area contributed by atoms with Crippen molar-refractivity contribution in [3.05, 3.63) is 30.3 Å². The molecule has 2 aromatic rings. The number of anilines is 2. The number of nitrogen functional groups attached to an aromatic ring is 1. The van der Waals surface area contributed by atoms with Gasteiger partial charge in [0.1, 0.15) is 11.6 Å². The fraction of sp³-hybridized carbons (Fsp3) is 0.375. The van der Waals surface area contributed by atoms with Gasteiger partial charge in [-0.1, -0.05) is 26.0 Å². The normalized spacial score (nSPS) is 10.7. The Bertz CT molecular complexity index is 617. The molecule has 6 nitrogen and oxygen atoms in total. The SMILES string of the molecule is CC(C)COc1cccc(-c2cc(NCCO)nc(N)n2)c1. The summed E-state index contributed by atoms with van der Waals surface area (Å²) in [5.41, 5.74) is 7.37. The van der Waals surface area contributed by atoms with Gasteiger partial charge in [0.25, 0.3) is 0 Å². The summed E-state index contributed by atoms with van der Waals surface area (Å²) >= 11 is 0. The Morgan fingerprint density at radius 2 is 2.09 bits per heavy atom. The zero-order chi connectivity index (χ0) is 15.9. The van der Waals surface area contributed by atoms with Gasteiger partial charge in [-0.15, -0.1) is 0 Å². The van der Waals surface area contributed by atoms with Crippen molar-refractivity contribution in [3.8, 4) is 17.0 Å². The van der Waals surface area contributed by atoms with Crippen LogP contribution in [0.15, 0.2) is 30.3 Å². The maximum Gasteiger partial charge on any atom is 0.222 e. The quantitative estimate of drug-likeness (QED) is 0.726. The molecule has 0 spiro atoms. The van der Waals surface area contributed by atoms with Gasteiger partial charge in [0.15, 0.2) is 0 Å². The molecule has 1 heterocycles. The minimum Gasteiger partial charge on any atom is -0.493 e. The predicted molar refractivity (Wildman–Crippen MR) is 87.8 cm³/mol. The maximum atomic E-state index is 8.87. The molecular weight excluding hydrogens is 280 g/mol. The average Bonchev–Trinajstić information content (AvgIpc) is 2.50. The van der Waals surface area contributed by atoms with Crippen molar-refractivity contribution >= 4 is 11.8 Å². The van der Waals surface area contributed by atoms with Crippen molar-refractivity contribution < 1.29 is 9.84 Å². The summed E-state index contributed by atoms with van der Waals surface area (Å²) in [4.78, 5) is 8.35. The van der Waals surface area contributed by atoms with Gasteiger partial charge < -0.3 is 20.9 Å². The zero-order valence-corrected chi connectivity index (χ0v) is 12.9. The van der Waals surface area contributed by atoms with Crippen molar-refractivity contribution in [2.24, 2.45) is 5.92 Å². The minimum absolute atomic E-state index is 0.0256. The molecule has 22 heavy (non-hydrogen) atoms. The zero-order valence-electron chi connectivity index (χ0n) is 12.9. The van der Waals surface area contributed by atoms with Crippen LogP contribution in [-0.4, -0.2) is 34.8 Å². The van der Waals surface area contributed by atoms with Gasteiger partial charge in [-0.3, -0.25) is 0 Å². The maximum absolute atomic E-state index is 8.87. The van der Waals surface area contributed by atoms with E-state index < -0.39 is 0 Å². The molecule has 1 aromatic carbocycles. The van der Waals surface area contributed by atoms with E-state index in [9.17, 15) is 0 Å².